The van der Waals surface area contributed by atoms with Crippen molar-refractivity contribution in [2.75, 3.05) is 33.4 Å². The van der Waals surface area contributed by atoms with E-state index in [4.69, 9.17) is 9.47 Å². The first-order valence-corrected chi connectivity index (χ1v) is 8.40. The third-order valence-electron chi connectivity index (χ3n) is 4.99. The summed E-state index contributed by atoms with van der Waals surface area (Å²) < 4.78 is 10.7. The van der Waals surface area contributed by atoms with Gasteiger partial charge in [-0.3, -0.25) is 9.69 Å². The topological polar surface area (TPSA) is 50.8 Å². The number of amides is 1. The molecular weight excluding hydrogens is 292 g/mol. The molecule has 126 valence electrons. The van der Waals surface area contributed by atoms with E-state index in [0.29, 0.717) is 12.0 Å². The number of carbonyl (C=O) groups is 1. The van der Waals surface area contributed by atoms with Crippen molar-refractivity contribution in [3.05, 3.63) is 29.8 Å². The second-order valence-electron chi connectivity index (χ2n) is 6.48. The summed E-state index contributed by atoms with van der Waals surface area (Å²) in [4.78, 5) is 14.1. The highest BCUT2D eigenvalue weighted by Gasteiger charge is 2.37. The fourth-order valence-electron chi connectivity index (χ4n) is 3.78. The van der Waals surface area contributed by atoms with E-state index in [-0.39, 0.29) is 11.9 Å². The second-order valence-corrected chi connectivity index (χ2v) is 6.48. The number of benzene rings is 1. The summed E-state index contributed by atoms with van der Waals surface area (Å²) in [5, 5.41) is 3.14. The quantitative estimate of drug-likeness (QED) is 0.919. The number of hydrogen-bond donors (Lipinski definition) is 1. The Hall–Kier alpha value is -1.59. The number of nitrogens with zero attached hydrogens (tertiary/aromatic N) is 1. The third kappa shape index (κ3) is 3.85. The van der Waals surface area contributed by atoms with Crippen LogP contribution in [-0.2, 0) is 9.53 Å². The van der Waals surface area contributed by atoms with Gasteiger partial charge in [-0.05, 0) is 30.5 Å². The van der Waals surface area contributed by atoms with Crippen molar-refractivity contribution in [1.29, 1.82) is 0 Å². The van der Waals surface area contributed by atoms with E-state index in [1.165, 1.54) is 5.56 Å². The highest BCUT2D eigenvalue weighted by molar-refractivity contribution is 5.73. The lowest BCUT2D eigenvalue weighted by atomic mass is 9.94. The Bertz CT molecular complexity index is 526. The smallest absolute Gasteiger partial charge is 0.217 e. The van der Waals surface area contributed by atoms with Crippen molar-refractivity contribution in [1.82, 2.24) is 10.2 Å². The molecular formula is C18H26N2O3. The lowest BCUT2D eigenvalue weighted by Gasteiger charge is -2.31. The molecule has 5 heteroatoms. The Kier molecular flexibility index (Phi) is 5.18. The van der Waals surface area contributed by atoms with Crippen molar-refractivity contribution in [3.63, 3.8) is 0 Å². The van der Waals surface area contributed by atoms with Crippen LogP contribution in [0.4, 0.5) is 0 Å². The minimum absolute atomic E-state index is 0.0438. The van der Waals surface area contributed by atoms with E-state index in [1.54, 1.807) is 14.0 Å². The summed E-state index contributed by atoms with van der Waals surface area (Å²) in [6.45, 7) is 5.20. The summed E-state index contributed by atoms with van der Waals surface area (Å²) >= 11 is 0. The average molecular weight is 318 g/mol. The molecule has 0 aromatic heterocycles. The fourth-order valence-corrected chi connectivity index (χ4v) is 3.78. The molecule has 0 spiro atoms. The molecule has 23 heavy (non-hydrogen) atoms. The van der Waals surface area contributed by atoms with Crippen molar-refractivity contribution >= 4 is 5.91 Å². The van der Waals surface area contributed by atoms with Gasteiger partial charge in [0, 0.05) is 51.2 Å². The Morgan fingerprint density at radius 1 is 1.22 bits per heavy atom. The molecule has 2 atom stereocenters. The molecule has 0 radical (unpaired) electrons. The van der Waals surface area contributed by atoms with E-state index >= 15 is 0 Å². The highest BCUT2D eigenvalue weighted by Crippen LogP contribution is 2.32. The second kappa shape index (κ2) is 7.32. The monoisotopic (exact) mass is 318 g/mol. The Balaban J connectivity index is 1.75. The van der Waals surface area contributed by atoms with Gasteiger partial charge in [-0.15, -0.1) is 0 Å². The molecule has 0 bridgehead atoms. The molecule has 1 aromatic carbocycles. The molecule has 2 saturated heterocycles. The van der Waals surface area contributed by atoms with Crippen LogP contribution in [-0.4, -0.2) is 56.3 Å². The van der Waals surface area contributed by atoms with Crippen LogP contribution in [0, 0.1) is 0 Å². The van der Waals surface area contributed by atoms with E-state index in [1.807, 2.05) is 12.1 Å². The maximum absolute atomic E-state index is 11.6. The zero-order valence-electron chi connectivity index (χ0n) is 14.0. The first-order chi connectivity index (χ1) is 11.2. The minimum Gasteiger partial charge on any atom is -0.497 e. The fraction of sp³-hybridized carbons (Fsp3) is 0.611. The van der Waals surface area contributed by atoms with Gasteiger partial charge < -0.3 is 14.8 Å². The van der Waals surface area contributed by atoms with E-state index in [2.05, 4.69) is 22.3 Å². The van der Waals surface area contributed by atoms with Crippen LogP contribution in [0.5, 0.6) is 5.75 Å². The van der Waals surface area contributed by atoms with Crippen LogP contribution in [0.2, 0.25) is 0 Å². The molecule has 1 N–H and O–H groups in total. The van der Waals surface area contributed by atoms with Gasteiger partial charge in [0.05, 0.1) is 7.11 Å². The summed E-state index contributed by atoms with van der Waals surface area (Å²) in [6.07, 6.45) is 2.17. The number of methoxy groups -OCH3 is 1. The van der Waals surface area contributed by atoms with Gasteiger partial charge in [0.15, 0.2) is 0 Å². The number of likely N-dealkylation sites (tertiary alicyclic amines) is 1. The molecule has 0 aliphatic carbocycles. The van der Waals surface area contributed by atoms with E-state index in [0.717, 1.165) is 44.9 Å². The van der Waals surface area contributed by atoms with Crippen LogP contribution in [0.1, 0.15) is 31.2 Å². The van der Waals surface area contributed by atoms with Gasteiger partial charge in [0.25, 0.3) is 0 Å². The number of hydrogen-bond acceptors (Lipinski definition) is 4. The lowest BCUT2D eigenvalue weighted by molar-refractivity contribution is -0.119. The molecule has 0 saturated carbocycles. The zero-order chi connectivity index (χ0) is 16.2. The van der Waals surface area contributed by atoms with Gasteiger partial charge in [0.2, 0.25) is 5.91 Å². The van der Waals surface area contributed by atoms with E-state index < -0.39 is 0 Å². The summed E-state index contributed by atoms with van der Waals surface area (Å²) in [5.41, 5.74) is 1.26. The summed E-state index contributed by atoms with van der Waals surface area (Å²) in [7, 11) is 1.68. The molecule has 2 heterocycles. The lowest BCUT2D eigenvalue weighted by Crippen LogP contribution is -2.41. The van der Waals surface area contributed by atoms with Crippen molar-refractivity contribution in [2.24, 2.45) is 0 Å². The molecule has 0 unspecified atom stereocenters. The molecule has 2 aliphatic rings. The van der Waals surface area contributed by atoms with Crippen molar-refractivity contribution < 1.29 is 14.3 Å². The molecule has 1 amide bonds. The normalized spacial score (nSPS) is 26.2. The number of carbonyl (C=O) groups excluding carboxylic acids is 1. The first kappa shape index (κ1) is 16.3. The highest BCUT2D eigenvalue weighted by atomic mass is 16.5. The van der Waals surface area contributed by atoms with Crippen LogP contribution in [0.3, 0.4) is 0 Å². The first-order valence-electron chi connectivity index (χ1n) is 8.40. The molecule has 5 nitrogen and oxygen atoms in total. The molecule has 3 rings (SSSR count). The number of rotatable bonds is 4. The minimum atomic E-state index is 0.0438. The molecule has 1 aromatic rings. The third-order valence-corrected chi connectivity index (χ3v) is 4.99. The van der Waals surface area contributed by atoms with E-state index in [9.17, 15) is 4.79 Å². The zero-order valence-corrected chi connectivity index (χ0v) is 14.0. The maximum Gasteiger partial charge on any atom is 0.217 e. The van der Waals surface area contributed by atoms with Gasteiger partial charge in [-0.25, -0.2) is 0 Å². The van der Waals surface area contributed by atoms with Gasteiger partial charge in [-0.1, -0.05) is 12.1 Å². The Labute approximate surface area is 137 Å². The van der Waals surface area contributed by atoms with Crippen LogP contribution in [0.15, 0.2) is 24.3 Å². The maximum atomic E-state index is 11.6. The summed E-state index contributed by atoms with van der Waals surface area (Å²) in [6, 6.07) is 8.97. The predicted octanol–water partition coefficient (Wildman–Crippen LogP) is 1.78. The van der Waals surface area contributed by atoms with Gasteiger partial charge >= 0.3 is 0 Å². The largest absolute Gasteiger partial charge is 0.497 e. The molecule has 2 aliphatic heterocycles. The number of nitrogens with one attached hydrogen (secondary N) is 1. The van der Waals surface area contributed by atoms with Crippen molar-refractivity contribution in [3.8, 4) is 5.75 Å². The van der Waals surface area contributed by atoms with Crippen LogP contribution < -0.4 is 10.1 Å². The predicted molar refractivity (Wildman–Crippen MR) is 88.8 cm³/mol. The Morgan fingerprint density at radius 3 is 2.52 bits per heavy atom. The van der Waals surface area contributed by atoms with Crippen molar-refractivity contribution in [2.45, 2.75) is 37.8 Å². The summed E-state index contributed by atoms with van der Waals surface area (Å²) in [5.74, 6) is 1.24. The Morgan fingerprint density at radius 2 is 1.91 bits per heavy atom. The van der Waals surface area contributed by atoms with Crippen LogP contribution >= 0.6 is 0 Å². The molecule has 2 fully saturated rings. The average Bonchev–Trinajstić information content (AvgIpc) is 2.99. The van der Waals surface area contributed by atoms with Crippen LogP contribution in [0.25, 0.3) is 0 Å². The van der Waals surface area contributed by atoms with Gasteiger partial charge in [0.1, 0.15) is 5.75 Å². The standard InChI is InChI=1S/C18H26N2O3/c1-13(21)19-18-12-20(15-7-9-23-10-8-15)11-17(18)14-3-5-16(22-2)6-4-14/h3-6,15,17-18H,7-12H2,1-2H3,(H,19,21)/t17-,18+/m0/s1. The number of ether oxygens (including phenoxy) is 2. The SMILES string of the molecule is COc1ccc([C@@H]2CN(C3CCOCC3)C[C@H]2NC(C)=O)cc1. The van der Waals surface area contributed by atoms with Gasteiger partial charge in [-0.2, -0.15) is 0 Å².